The summed E-state index contributed by atoms with van der Waals surface area (Å²) in [5.74, 6) is 0.924. The van der Waals surface area contributed by atoms with Crippen LogP contribution in [0, 0.1) is 5.92 Å². The first-order valence-electron chi connectivity index (χ1n) is 7.55. The highest BCUT2D eigenvalue weighted by atomic mass is 35.5. The Balaban J connectivity index is 0.00000147. The van der Waals surface area contributed by atoms with Gasteiger partial charge in [-0.2, -0.15) is 0 Å². The molecule has 5 nitrogen and oxygen atoms in total. The van der Waals surface area contributed by atoms with Crippen LogP contribution in [0.2, 0.25) is 0 Å². The van der Waals surface area contributed by atoms with Gasteiger partial charge in [0.25, 0.3) is 0 Å². The summed E-state index contributed by atoms with van der Waals surface area (Å²) in [5.41, 5.74) is 0. The molecule has 3 rings (SSSR count). The van der Waals surface area contributed by atoms with Gasteiger partial charge in [-0.3, -0.25) is 4.79 Å². The number of hydrogen-bond acceptors (Lipinski definition) is 4. The van der Waals surface area contributed by atoms with Crippen LogP contribution in [-0.4, -0.2) is 62.3 Å². The third-order valence-electron chi connectivity index (χ3n) is 4.83. The Morgan fingerprint density at radius 1 is 1.40 bits per heavy atom. The highest BCUT2D eigenvalue weighted by Crippen LogP contribution is 2.30. The first kappa shape index (κ1) is 16.0. The van der Waals surface area contributed by atoms with Crippen molar-refractivity contribution in [3.8, 4) is 0 Å². The van der Waals surface area contributed by atoms with E-state index in [0.717, 1.165) is 26.3 Å². The molecule has 0 aromatic carbocycles. The molecule has 116 valence electrons. The van der Waals surface area contributed by atoms with Crippen LogP contribution < -0.4 is 10.6 Å². The van der Waals surface area contributed by atoms with Crippen molar-refractivity contribution in [2.75, 3.05) is 33.4 Å². The quantitative estimate of drug-likeness (QED) is 0.792. The molecule has 1 saturated carbocycles. The molecule has 0 aromatic rings. The second-order valence-corrected chi connectivity index (χ2v) is 6.18. The molecule has 0 spiro atoms. The number of ether oxygens (including phenoxy) is 1. The number of rotatable bonds is 3. The fourth-order valence-corrected chi connectivity index (χ4v) is 3.82. The Bertz CT molecular complexity index is 336. The Kier molecular flexibility index (Phi) is 5.66. The highest BCUT2D eigenvalue weighted by Gasteiger charge is 2.37. The van der Waals surface area contributed by atoms with Crippen molar-refractivity contribution in [1.82, 2.24) is 15.5 Å². The minimum atomic E-state index is 0. The third kappa shape index (κ3) is 3.45. The molecule has 1 aliphatic carbocycles. The number of halogens is 1. The fourth-order valence-electron chi connectivity index (χ4n) is 3.82. The Morgan fingerprint density at radius 3 is 2.90 bits per heavy atom. The summed E-state index contributed by atoms with van der Waals surface area (Å²) in [4.78, 5) is 13.4. The molecule has 20 heavy (non-hydrogen) atoms. The maximum Gasteiger partial charge on any atom is 0.224 e. The van der Waals surface area contributed by atoms with Crippen molar-refractivity contribution in [3.63, 3.8) is 0 Å². The van der Waals surface area contributed by atoms with E-state index in [2.05, 4.69) is 10.6 Å². The SMILES string of the molecule is CN1CC(NC2CCCC2C2COCCN2)CC1=O.Cl. The average Bonchev–Trinajstić information content (AvgIpc) is 2.99. The molecule has 3 fully saturated rings. The van der Waals surface area contributed by atoms with Crippen molar-refractivity contribution >= 4 is 18.3 Å². The molecule has 0 aromatic heterocycles. The summed E-state index contributed by atoms with van der Waals surface area (Å²) in [7, 11) is 1.90. The van der Waals surface area contributed by atoms with E-state index in [-0.39, 0.29) is 18.3 Å². The summed E-state index contributed by atoms with van der Waals surface area (Å²) in [5, 5.41) is 7.32. The van der Waals surface area contributed by atoms with E-state index in [1.54, 1.807) is 0 Å². The van der Waals surface area contributed by atoms with E-state index in [1.807, 2.05) is 11.9 Å². The molecule has 2 saturated heterocycles. The van der Waals surface area contributed by atoms with Crippen molar-refractivity contribution in [2.24, 2.45) is 5.92 Å². The summed E-state index contributed by atoms with van der Waals surface area (Å²) < 4.78 is 5.59. The van der Waals surface area contributed by atoms with E-state index < -0.39 is 0 Å². The van der Waals surface area contributed by atoms with Gasteiger partial charge in [-0.15, -0.1) is 12.4 Å². The number of carbonyl (C=O) groups excluding carboxylic acids is 1. The van der Waals surface area contributed by atoms with Crippen molar-refractivity contribution < 1.29 is 9.53 Å². The Labute approximate surface area is 127 Å². The van der Waals surface area contributed by atoms with Gasteiger partial charge >= 0.3 is 0 Å². The molecule has 4 unspecified atom stereocenters. The Morgan fingerprint density at radius 2 is 2.25 bits per heavy atom. The van der Waals surface area contributed by atoms with Crippen molar-refractivity contribution in [3.05, 3.63) is 0 Å². The average molecular weight is 304 g/mol. The largest absolute Gasteiger partial charge is 0.379 e. The van der Waals surface area contributed by atoms with Gasteiger partial charge in [0, 0.05) is 44.7 Å². The number of nitrogens with zero attached hydrogens (tertiary/aromatic N) is 1. The third-order valence-corrected chi connectivity index (χ3v) is 4.83. The number of likely N-dealkylation sites (N-methyl/N-ethyl adjacent to an activating group) is 1. The van der Waals surface area contributed by atoms with Gasteiger partial charge in [0.1, 0.15) is 0 Å². The zero-order valence-corrected chi connectivity index (χ0v) is 13.0. The zero-order chi connectivity index (χ0) is 13.2. The van der Waals surface area contributed by atoms with Gasteiger partial charge in [-0.05, 0) is 18.8 Å². The van der Waals surface area contributed by atoms with Crippen LogP contribution >= 0.6 is 12.4 Å². The van der Waals surface area contributed by atoms with E-state index in [0.29, 0.717) is 30.5 Å². The lowest BCUT2D eigenvalue weighted by Crippen LogP contribution is -2.52. The lowest BCUT2D eigenvalue weighted by atomic mass is 9.93. The second kappa shape index (κ2) is 7.07. The number of amides is 1. The number of hydrogen-bond donors (Lipinski definition) is 2. The van der Waals surface area contributed by atoms with Crippen LogP contribution in [0.4, 0.5) is 0 Å². The van der Waals surface area contributed by atoms with Crippen LogP contribution in [0.3, 0.4) is 0 Å². The molecule has 4 atom stereocenters. The maximum atomic E-state index is 11.6. The first-order valence-corrected chi connectivity index (χ1v) is 7.55. The van der Waals surface area contributed by atoms with Gasteiger partial charge in [-0.1, -0.05) is 6.42 Å². The molecular weight excluding hydrogens is 278 g/mol. The molecule has 1 amide bonds. The number of morpholine rings is 1. The smallest absolute Gasteiger partial charge is 0.224 e. The number of carbonyl (C=O) groups is 1. The first-order chi connectivity index (χ1) is 9.24. The topological polar surface area (TPSA) is 53.6 Å². The normalized spacial score (nSPS) is 38.0. The molecule has 0 radical (unpaired) electrons. The predicted octanol–water partition coefficient (Wildman–Crippen LogP) is 0.386. The summed E-state index contributed by atoms with van der Waals surface area (Å²) in [6, 6.07) is 1.37. The molecule has 0 bridgehead atoms. The van der Waals surface area contributed by atoms with Crippen LogP contribution in [0.15, 0.2) is 0 Å². The minimum Gasteiger partial charge on any atom is -0.379 e. The van der Waals surface area contributed by atoms with Crippen molar-refractivity contribution in [1.29, 1.82) is 0 Å². The summed E-state index contributed by atoms with van der Waals surface area (Å²) >= 11 is 0. The number of nitrogens with one attached hydrogen (secondary N) is 2. The van der Waals surface area contributed by atoms with Crippen LogP contribution in [0.1, 0.15) is 25.7 Å². The molecule has 6 heteroatoms. The van der Waals surface area contributed by atoms with Crippen LogP contribution in [0.25, 0.3) is 0 Å². The summed E-state index contributed by atoms with van der Waals surface area (Å²) in [6.45, 7) is 3.50. The van der Waals surface area contributed by atoms with Gasteiger partial charge in [0.2, 0.25) is 5.91 Å². The number of likely N-dealkylation sites (tertiary alicyclic amines) is 1. The standard InChI is InChI=1S/C14H25N3O2.ClH/c1-17-8-10(7-14(17)18)16-12-4-2-3-11(12)13-9-19-6-5-15-13;/h10-13,15-16H,2-9H2,1H3;1H. The predicted molar refractivity (Wildman–Crippen MR) is 80.2 cm³/mol. The second-order valence-electron chi connectivity index (χ2n) is 6.18. The van der Waals surface area contributed by atoms with Gasteiger partial charge in [0.05, 0.1) is 13.2 Å². The van der Waals surface area contributed by atoms with E-state index >= 15 is 0 Å². The van der Waals surface area contributed by atoms with E-state index in [9.17, 15) is 4.79 Å². The van der Waals surface area contributed by atoms with E-state index in [4.69, 9.17) is 4.74 Å². The molecular formula is C14H26ClN3O2. The molecule has 3 aliphatic rings. The van der Waals surface area contributed by atoms with Gasteiger partial charge < -0.3 is 20.3 Å². The monoisotopic (exact) mass is 303 g/mol. The van der Waals surface area contributed by atoms with E-state index in [1.165, 1.54) is 19.3 Å². The molecule has 2 aliphatic heterocycles. The van der Waals surface area contributed by atoms with Gasteiger partial charge in [0.15, 0.2) is 0 Å². The molecule has 2 heterocycles. The summed E-state index contributed by atoms with van der Waals surface area (Å²) in [6.07, 6.45) is 4.46. The van der Waals surface area contributed by atoms with Crippen LogP contribution in [0.5, 0.6) is 0 Å². The fraction of sp³-hybridized carbons (Fsp3) is 0.929. The zero-order valence-electron chi connectivity index (χ0n) is 12.1. The lowest BCUT2D eigenvalue weighted by Gasteiger charge is -2.34. The minimum absolute atomic E-state index is 0. The van der Waals surface area contributed by atoms with Crippen molar-refractivity contribution in [2.45, 2.75) is 43.8 Å². The van der Waals surface area contributed by atoms with Gasteiger partial charge in [-0.25, -0.2) is 0 Å². The maximum absolute atomic E-state index is 11.6. The highest BCUT2D eigenvalue weighted by molar-refractivity contribution is 5.85. The van der Waals surface area contributed by atoms with Crippen LogP contribution in [-0.2, 0) is 9.53 Å². The Hall–Kier alpha value is -0.360. The molecule has 2 N–H and O–H groups in total. The lowest BCUT2D eigenvalue weighted by molar-refractivity contribution is -0.126.